The van der Waals surface area contributed by atoms with E-state index in [1.807, 2.05) is 46.1 Å². The number of carbonyl (C=O) groups excluding carboxylic acids is 1. The van der Waals surface area contributed by atoms with E-state index in [0.29, 0.717) is 13.0 Å². The van der Waals surface area contributed by atoms with Gasteiger partial charge in [0.1, 0.15) is 5.75 Å². The molecule has 5 rings (SSSR count). The van der Waals surface area contributed by atoms with Gasteiger partial charge in [0.05, 0.1) is 24.9 Å². The van der Waals surface area contributed by atoms with Gasteiger partial charge in [-0.1, -0.05) is 25.0 Å². The second-order valence-corrected chi connectivity index (χ2v) is 8.47. The van der Waals surface area contributed by atoms with Crippen LogP contribution in [0.15, 0.2) is 54.9 Å². The second-order valence-electron chi connectivity index (χ2n) is 8.47. The molecule has 0 bridgehead atoms. The van der Waals surface area contributed by atoms with Gasteiger partial charge >= 0.3 is 0 Å². The van der Waals surface area contributed by atoms with Crippen LogP contribution in [0.3, 0.4) is 0 Å². The van der Waals surface area contributed by atoms with E-state index in [0.717, 1.165) is 59.4 Å². The number of rotatable bonds is 5. The number of amides is 1. The molecule has 2 heterocycles. The minimum atomic E-state index is -0.429. The van der Waals surface area contributed by atoms with Crippen molar-refractivity contribution in [1.82, 2.24) is 14.7 Å². The lowest BCUT2D eigenvalue weighted by molar-refractivity contribution is 0.0191. The Morgan fingerprint density at radius 3 is 2.68 bits per heavy atom. The zero-order valence-electron chi connectivity index (χ0n) is 17.7. The molecule has 1 aliphatic heterocycles. The van der Waals surface area contributed by atoms with Crippen LogP contribution in [0.5, 0.6) is 5.75 Å². The molecule has 1 N–H and O–H groups in total. The van der Waals surface area contributed by atoms with Gasteiger partial charge in [0.25, 0.3) is 5.91 Å². The van der Waals surface area contributed by atoms with Crippen LogP contribution in [0.1, 0.15) is 52.7 Å². The zero-order valence-corrected chi connectivity index (χ0v) is 17.7. The van der Waals surface area contributed by atoms with Crippen LogP contribution >= 0.6 is 0 Å². The molecule has 6 nitrogen and oxygen atoms in total. The van der Waals surface area contributed by atoms with Gasteiger partial charge in [-0.05, 0) is 59.9 Å². The zero-order chi connectivity index (χ0) is 21.4. The largest absolute Gasteiger partial charge is 0.496 e. The molecule has 2 aromatic carbocycles. The lowest BCUT2D eigenvalue weighted by atomic mass is 9.91. The van der Waals surface area contributed by atoms with Gasteiger partial charge in [-0.3, -0.25) is 4.79 Å². The number of benzene rings is 2. The number of aromatic nitrogens is 2. The van der Waals surface area contributed by atoms with Crippen LogP contribution in [-0.2, 0) is 13.0 Å². The molecule has 6 heteroatoms. The topological polar surface area (TPSA) is 67.6 Å². The number of ether oxygens (including phenoxy) is 1. The van der Waals surface area contributed by atoms with Crippen molar-refractivity contribution < 1.29 is 14.6 Å². The van der Waals surface area contributed by atoms with Crippen molar-refractivity contribution in [1.29, 1.82) is 0 Å². The molecular formula is C25H27N3O3. The molecular weight excluding hydrogens is 390 g/mol. The van der Waals surface area contributed by atoms with Gasteiger partial charge < -0.3 is 14.7 Å². The van der Waals surface area contributed by atoms with E-state index >= 15 is 0 Å². The molecule has 0 spiro atoms. The summed E-state index contributed by atoms with van der Waals surface area (Å²) in [6.45, 7) is 0.547. The summed E-state index contributed by atoms with van der Waals surface area (Å²) in [5.41, 5.74) is 4.86. The Balaban J connectivity index is 1.39. The quantitative estimate of drug-likeness (QED) is 0.687. The van der Waals surface area contributed by atoms with Crippen LogP contribution in [0.25, 0.3) is 5.69 Å². The van der Waals surface area contributed by atoms with Crippen molar-refractivity contribution in [2.45, 2.75) is 50.8 Å². The monoisotopic (exact) mass is 417 g/mol. The number of fused-ring (bicyclic) bond motifs is 1. The van der Waals surface area contributed by atoms with Crippen molar-refractivity contribution in [3.05, 3.63) is 77.1 Å². The molecule has 1 saturated carbocycles. The van der Waals surface area contributed by atoms with Gasteiger partial charge in [0.2, 0.25) is 0 Å². The van der Waals surface area contributed by atoms with Gasteiger partial charge in [-0.25, -0.2) is 4.68 Å². The van der Waals surface area contributed by atoms with E-state index in [1.54, 1.807) is 13.3 Å². The first-order valence-electron chi connectivity index (χ1n) is 10.9. The van der Waals surface area contributed by atoms with Gasteiger partial charge in [0, 0.05) is 30.9 Å². The average molecular weight is 418 g/mol. The van der Waals surface area contributed by atoms with E-state index in [1.165, 1.54) is 0 Å². The molecule has 1 amide bonds. The highest BCUT2D eigenvalue weighted by molar-refractivity contribution is 5.99. The SMILES string of the molecule is COc1cc2c(cc1Cc1ccc(-n3cccn3)cc1)C(=O)N(C1CCCCC1O)C2. The average Bonchev–Trinajstić information content (AvgIpc) is 3.43. The highest BCUT2D eigenvalue weighted by Crippen LogP contribution is 2.35. The molecule has 1 fully saturated rings. The van der Waals surface area contributed by atoms with Gasteiger partial charge in [0.15, 0.2) is 0 Å². The molecule has 2 aliphatic rings. The lowest BCUT2D eigenvalue weighted by Gasteiger charge is -2.35. The fourth-order valence-corrected chi connectivity index (χ4v) is 4.87. The Labute approximate surface area is 182 Å². The van der Waals surface area contributed by atoms with E-state index in [9.17, 15) is 9.90 Å². The third kappa shape index (κ3) is 3.72. The van der Waals surface area contributed by atoms with Crippen molar-refractivity contribution in [2.75, 3.05) is 7.11 Å². The number of aliphatic hydroxyl groups excluding tert-OH is 1. The number of nitrogens with zero attached hydrogens (tertiary/aromatic N) is 3. The minimum Gasteiger partial charge on any atom is -0.496 e. The Bertz CT molecular complexity index is 1080. The van der Waals surface area contributed by atoms with Crippen molar-refractivity contribution in [3.63, 3.8) is 0 Å². The summed E-state index contributed by atoms with van der Waals surface area (Å²) in [5.74, 6) is 0.827. The van der Waals surface area contributed by atoms with E-state index in [2.05, 4.69) is 17.2 Å². The first kappa shape index (κ1) is 19.8. The molecule has 0 radical (unpaired) electrons. The number of aliphatic hydroxyl groups is 1. The summed E-state index contributed by atoms with van der Waals surface area (Å²) in [7, 11) is 1.67. The van der Waals surface area contributed by atoms with Gasteiger partial charge in [-0.2, -0.15) is 5.10 Å². The smallest absolute Gasteiger partial charge is 0.254 e. The summed E-state index contributed by atoms with van der Waals surface area (Å²) in [4.78, 5) is 15.0. The maximum atomic E-state index is 13.2. The third-order valence-corrected chi connectivity index (χ3v) is 6.53. The molecule has 160 valence electrons. The molecule has 2 unspecified atom stereocenters. The predicted molar refractivity (Wildman–Crippen MR) is 118 cm³/mol. The Hall–Kier alpha value is -3.12. The molecule has 0 saturated heterocycles. The fourth-order valence-electron chi connectivity index (χ4n) is 4.87. The fraction of sp³-hybridized carbons (Fsp3) is 0.360. The minimum absolute atomic E-state index is 0.0267. The molecule has 1 aromatic heterocycles. The number of hydrogen-bond donors (Lipinski definition) is 1. The number of hydrogen-bond acceptors (Lipinski definition) is 4. The van der Waals surface area contributed by atoms with Crippen LogP contribution in [0.2, 0.25) is 0 Å². The van der Waals surface area contributed by atoms with Crippen LogP contribution in [0, 0.1) is 0 Å². The molecule has 31 heavy (non-hydrogen) atoms. The third-order valence-electron chi connectivity index (χ3n) is 6.53. The van der Waals surface area contributed by atoms with Crippen LogP contribution in [-0.4, -0.2) is 44.9 Å². The molecule has 2 atom stereocenters. The number of carbonyl (C=O) groups is 1. The lowest BCUT2D eigenvalue weighted by Crippen LogP contribution is -2.45. The predicted octanol–water partition coefficient (Wildman–Crippen LogP) is 3.73. The van der Waals surface area contributed by atoms with Crippen molar-refractivity contribution in [3.8, 4) is 11.4 Å². The van der Waals surface area contributed by atoms with E-state index in [-0.39, 0.29) is 11.9 Å². The normalized spacial score (nSPS) is 20.7. The summed E-state index contributed by atoms with van der Waals surface area (Å²) in [5, 5.41) is 14.7. The summed E-state index contributed by atoms with van der Waals surface area (Å²) < 4.78 is 7.50. The summed E-state index contributed by atoms with van der Waals surface area (Å²) in [6, 6.07) is 14.0. The molecule has 3 aromatic rings. The van der Waals surface area contributed by atoms with Crippen molar-refractivity contribution >= 4 is 5.91 Å². The highest BCUT2D eigenvalue weighted by Gasteiger charge is 2.37. The van der Waals surface area contributed by atoms with Crippen molar-refractivity contribution in [2.24, 2.45) is 0 Å². The highest BCUT2D eigenvalue weighted by atomic mass is 16.5. The summed E-state index contributed by atoms with van der Waals surface area (Å²) >= 11 is 0. The maximum Gasteiger partial charge on any atom is 0.254 e. The first-order valence-corrected chi connectivity index (χ1v) is 10.9. The van der Waals surface area contributed by atoms with E-state index in [4.69, 9.17) is 4.74 Å². The molecule has 1 aliphatic carbocycles. The second kappa shape index (κ2) is 8.19. The Morgan fingerprint density at radius 1 is 1.16 bits per heavy atom. The van der Waals surface area contributed by atoms with Crippen LogP contribution in [0.4, 0.5) is 0 Å². The Kier molecular flexibility index (Phi) is 5.24. The standard InChI is InChI=1S/C25H27N3O3/c1-31-24-15-19-16-27(22-5-2-3-6-23(22)29)25(30)21(19)14-18(24)13-17-7-9-20(10-8-17)28-12-4-11-26-28/h4,7-12,14-15,22-23,29H,2-3,5-6,13,16H2,1H3. The summed E-state index contributed by atoms with van der Waals surface area (Å²) in [6.07, 6.45) is 7.65. The Morgan fingerprint density at radius 2 is 1.97 bits per heavy atom. The van der Waals surface area contributed by atoms with Crippen LogP contribution < -0.4 is 4.74 Å². The maximum absolute atomic E-state index is 13.2. The number of methoxy groups -OCH3 is 1. The van der Waals surface area contributed by atoms with E-state index < -0.39 is 6.10 Å². The first-order chi connectivity index (χ1) is 15.1. The van der Waals surface area contributed by atoms with Gasteiger partial charge in [-0.15, -0.1) is 0 Å².